The number of nitrogens with zero attached hydrogens (tertiary/aromatic N) is 1. The van der Waals surface area contributed by atoms with Crippen LogP contribution >= 0.6 is 0 Å². The summed E-state index contributed by atoms with van der Waals surface area (Å²) in [5.74, 6) is 0.934. The van der Waals surface area contributed by atoms with Crippen molar-refractivity contribution in [1.82, 2.24) is 0 Å². The largest absolute Gasteiger partial charge is 0.489 e. The molecule has 1 atom stereocenters. The number of amides is 1. The van der Waals surface area contributed by atoms with E-state index in [1.165, 1.54) is 0 Å². The van der Waals surface area contributed by atoms with Gasteiger partial charge in [-0.05, 0) is 19.1 Å². The van der Waals surface area contributed by atoms with Gasteiger partial charge in [0.1, 0.15) is 12.4 Å². The topological polar surface area (TPSA) is 29.5 Å². The first-order valence-corrected chi connectivity index (χ1v) is 5.97. The molecule has 3 heteroatoms. The van der Waals surface area contributed by atoms with Gasteiger partial charge in [0.2, 0.25) is 5.91 Å². The number of carbonyl (C=O) groups is 1. The summed E-state index contributed by atoms with van der Waals surface area (Å²) in [5.41, 5.74) is 0.504. The Hall–Kier alpha value is -1.51. The number of hydrogen-bond donors (Lipinski definition) is 0. The quantitative estimate of drug-likeness (QED) is 0.689. The Morgan fingerprint density at radius 3 is 2.65 bits per heavy atom. The minimum Gasteiger partial charge on any atom is -0.489 e. The van der Waals surface area contributed by atoms with Crippen LogP contribution in [0.2, 0.25) is 0 Å². The molecule has 0 N–H and O–H groups in total. The third kappa shape index (κ3) is 2.14. The minimum absolute atomic E-state index is 0.0802. The van der Waals surface area contributed by atoms with E-state index >= 15 is 0 Å². The van der Waals surface area contributed by atoms with Crippen molar-refractivity contribution < 1.29 is 9.53 Å². The van der Waals surface area contributed by atoms with Crippen molar-refractivity contribution in [2.75, 3.05) is 11.5 Å². The lowest BCUT2D eigenvalue weighted by atomic mass is 9.93. The molecule has 1 unspecified atom stereocenters. The molecule has 1 aromatic rings. The number of hydrogen-bond acceptors (Lipinski definition) is 2. The van der Waals surface area contributed by atoms with Crippen molar-refractivity contribution in [2.45, 2.75) is 33.7 Å². The summed E-state index contributed by atoms with van der Waals surface area (Å²) in [4.78, 5) is 14.3. The van der Waals surface area contributed by atoms with Crippen molar-refractivity contribution in [1.29, 1.82) is 0 Å². The van der Waals surface area contributed by atoms with Gasteiger partial charge in [0, 0.05) is 5.41 Å². The molecule has 1 heterocycles. The predicted octanol–water partition coefficient (Wildman–Crippen LogP) is 2.85. The van der Waals surface area contributed by atoms with Crippen LogP contribution in [0.4, 0.5) is 5.69 Å². The summed E-state index contributed by atoms with van der Waals surface area (Å²) in [6.07, 6.45) is 0. The zero-order chi connectivity index (χ0) is 12.6. The van der Waals surface area contributed by atoms with E-state index in [-0.39, 0.29) is 17.4 Å². The highest BCUT2D eigenvalue weighted by Gasteiger charge is 2.35. The summed E-state index contributed by atoms with van der Waals surface area (Å²) in [6.45, 7) is 8.40. The van der Waals surface area contributed by atoms with Crippen LogP contribution in [-0.4, -0.2) is 18.6 Å². The van der Waals surface area contributed by atoms with Crippen LogP contribution in [0.15, 0.2) is 24.3 Å². The van der Waals surface area contributed by atoms with E-state index in [2.05, 4.69) is 0 Å². The first-order chi connectivity index (χ1) is 7.91. The third-order valence-electron chi connectivity index (χ3n) is 2.91. The van der Waals surface area contributed by atoms with Crippen LogP contribution in [0.3, 0.4) is 0 Å². The molecule has 0 aliphatic carbocycles. The molecule has 0 saturated carbocycles. The van der Waals surface area contributed by atoms with Gasteiger partial charge in [-0.2, -0.15) is 0 Å². The number of fused-ring (bicyclic) bond motifs is 1. The van der Waals surface area contributed by atoms with E-state index < -0.39 is 0 Å². The fourth-order valence-electron chi connectivity index (χ4n) is 1.97. The zero-order valence-corrected chi connectivity index (χ0v) is 10.9. The number of para-hydroxylation sites is 2. The predicted molar refractivity (Wildman–Crippen MR) is 68.3 cm³/mol. The molecule has 92 valence electrons. The molecule has 0 bridgehead atoms. The van der Waals surface area contributed by atoms with Crippen LogP contribution in [-0.2, 0) is 4.79 Å². The van der Waals surface area contributed by atoms with Gasteiger partial charge < -0.3 is 9.64 Å². The average Bonchev–Trinajstić information content (AvgIpc) is 2.27. The maximum Gasteiger partial charge on any atom is 0.232 e. The van der Waals surface area contributed by atoms with Crippen molar-refractivity contribution >= 4 is 11.6 Å². The van der Waals surface area contributed by atoms with Gasteiger partial charge in [-0.15, -0.1) is 0 Å². The Kier molecular flexibility index (Phi) is 2.86. The lowest BCUT2D eigenvalue weighted by molar-refractivity contribution is -0.126. The molecule has 1 aromatic carbocycles. The number of carbonyl (C=O) groups excluding carboxylic acids is 1. The summed E-state index contributed by atoms with van der Waals surface area (Å²) in [6, 6.07) is 7.79. The van der Waals surface area contributed by atoms with E-state index in [1.807, 2.05) is 56.9 Å². The smallest absolute Gasteiger partial charge is 0.232 e. The van der Waals surface area contributed by atoms with Gasteiger partial charge in [-0.25, -0.2) is 0 Å². The van der Waals surface area contributed by atoms with Crippen molar-refractivity contribution in [2.24, 2.45) is 5.41 Å². The van der Waals surface area contributed by atoms with E-state index in [0.717, 1.165) is 11.4 Å². The summed E-state index contributed by atoms with van der Waals surface area (Å²) >= 11 is 0. The second kappa shape index (κ2) is 4.06. The van der Waals surface area contributed by atoms with Crippen LogP contribution < -0.4 is 9.64 Å². The monoisotopic (exact) mass is 233 g/mol. The molecule has 0 fully saturated rings. The fourth-order valence-corrected chi connectivity index (χ4v) is 1.97. The highest BCUT2D eigenvalue weighted by atomic mass is 16.5. The first kappa shape index (κ1) is 12.0. The summed E-state index contributed by atoms with van der Waals surface area (Å²) in [7, 11) is 0. The molecule has 0 radical (unpaired) electrons. The maximum absolute atomic E-state index is 12.5. The van der Waals surface area contributed by atoms with Crippen LogP contribution in [0, 0.1) is 5.41 Å². The van der Waals surface area contributed by atoms with Gasteiger partial charge in [-0.3, -0.25) is 4.79 Å². The van der Waals surface area contributed by atoms with Gasteiger partial charge >= 0.3 is 0 Å². The molecular formula is C14H19NO2. The molecular weight excluding hydrogens is 214 g/mol. The molecule has 1 aliphatic heterocycles. The van der Waals surface area contributed by atoms with Crippen LogP contribution in [0.5, 0.6) is 5.75 Å². The normalized spacial score (nSPS) is 19.5. The fraction of sp³-hybridized carbons (Fsp3) is 0.500. The van der Waals surface area contributed by atoms with Gasteiger partial charge in [0.05, 0.1) is 11.7 Å². The van der Waals surface area contributed by atoms with Crippen LogP contribution in [0.25, 0.3) is 0 Å². The SMILES string of the molecule is CC1COc2ccccc2N1C(=O)C(C)(C)C. The lowest BCUT2D eigenvalue weighted by Crippen LogP contribution is -2.49. The highest BCUT2D eigenvalue weighted by molar-refractivity contribution is 5.99. The number of rotatable bonds is 0. The van der Waals surface area contributed by atoms with Crippen molar-refractivity contribution in [3.63, 3.8) is 0 Å². The minimum atomic E-state index is -0.376. The Bertz CT molecular complexity index is 434. The molecule has 17 heavy (non-hydrogen) atoms. The summed E-state index contributed by atoms with van der Waals surface area (Å²) < 4.78 is 5.63. The van der Waals surface area contributed by atoms with E-state index in [1.54, 1.807) is 0 Å². The molecule has 0 aromatic heterocycles. The number of ether oxygens (including phenoxy) is 1. The highest BCUT2D eigenvalue weighted by Crippen LogP contribution is 2.36. The van der Waals surface area contributed by atoms with Gasteiger partial charge in [0.25, 0.3) is 0 Å². The Labute approximate surface area is 102 Å². The van der Waals surface area contributed by atoms with Crippen LogP contribution in [0.1, 0.15) is 27.7 Å². The number of anilines is 1. The number of benzene rings is 1. The first-order valence-electron chi connectivity index (χ1n) is 5.97. The van der Waals surface area contributed by atoms with E-state index in [9.17, 15) is 4.79 Å². The average molecular weight is 233 g/mol. The molecule has 1 amide bonds. The van der Waals surface area contributed by atoms with Gasteiger partial charge in [0.15, 0.2) is 0 Å². The van der Waals surface area contributed by atoms with Crippen molar-refractivity contribution in [3.05, 3.63) is 24.3 Å². The van der Waals surface area contributed by atoms with Gasteiger partial charge in [-0.1, -0.05) is 32.9 Å². The van der Waals surface area contributed by atoms with E-state index in [0.29, 0.717) is 6.61 Å². The van der Waals surface area contributed by atoms with Crippen molar-refractivity contribution in [3.8, 4) is 5.75 Å². The second-order valence-electron chi connectivity index (χ2n) is 5.55. The molecule has 0 saturated heterocycles. The van der Waals surface area contributed by atoms with E-state index in [4.69, 9.17) is 4.74 Å². The zero-order valence-electron chi connectivity index (χ0n) is 10.9. The molecule has 0 spiro atoms. The Balaban J connectivity index is 2.43. The third-order valence-corrected chi connectivity index (χ3v) is 2.91. The molecule has 3 nitrogen and oxygen atoms in total. The Morgan fingerprint density at radius 2 is 2.00 bits per heavy atom. The molecule has 1 aliphatic rings. The summed E-state index contributed by atoms with van der Waals surface area (Å²) in [5, 5.41) is 0. The maximum atomic E-state index is 12.5. The standard InChI is InChI=1S/C14H19NO2/c1-10-9-17-12-8-6-5-7-11(12)15(10)13(16)14(2,3)4/h5-8,10H,9H2,1-4H3. The Morgan fingerprint density at radius 1 is 1.35 bits per heavy atom. The second-order valence-corrected chi connectivity index (χ2v) is 5.55. The molecule has 2 rings (SSSR count). The lowest BCUT2D eigenvalue weighted by Gasteiger charge is -2.38.